The molecule has 0 unspecified atom stereocenters. The molecule has 7 nitrogen and oxygen atoms in total. The fraction of sp³-hybridized carbons (Fsp3) is 0.450. The highest BCUT2D eigenvalue weighted by Gasteiger charge is 2.48. The monoisotopic (exact) mass is 370 g/mol. The largest absolute Gasteiger partial charge is 0.467 e. The van der Waals surface area contributed by atoms with Gasteiger partial charge in [-0.1, -0.05) is 12.8 Å². The lowest BCUT2D eigenvalue weighted by atomic mass is 9.84. The molecule has 1 aliphatic heterocycles. The number of nitrogens with one attached hydrogen (secondary N) is 1. The van der Waals surface area contributed by atoms with E-state index in [2.05, 4.69) is 4.98 Å². The summed E-state index contributed by atoms with van der Waals surface area (Å²) in [5.74, 6) is -0.0197. The van der Waals surface area contributed by atoms with Crippen LogP contribution in [0.25, 0.3) is 11.5 Å². The van der Waals surface area contributed by atoms with Crippen molar-refractivity contribution in [1.29, 1.82) is 0 Å². The van der Waals surface area contributed by atoms with Gasteiger partial charge < -0.3 is 19.0 Å². The quantitative estimate of drug-likeness (QED) is 0.839. The highest BCUT2D eigenvalue weighted by atomic mass is 16.5. The van der Waals surface area contributed by atoms with Crippen LogP contribution in [0, 0.1) is 5.92 Å². The Balaban J connectivity index is 1.67. The maximum atomic E-state index is 13.2. The number of carbonyl (C=O) groups is 2. The third kappa shape index (κ3) is 3.07. The number of likely N-dealkylation sites (tertiary alicyclic amines) is 1. The minimum atomic E-state index is -0.625. The van der Waals surface area contributed by atoms with E-state index in [-0.39, 0.29) is 17.5 Å². The van der Waals surface area contributed by atoms with Crippen molar-refractivity contribution in [3.05, 3.63) is 46.4 Å². The number of hydrogen-bond donors (Lipinski definition) is 1. The number of esters is 1. The average molecular weight is 370 g/mol. The number of ether oxygens (including phenoxy) is 1. The van der Waals surface area contributed by atoms with Crippen LogP contribution in [0.1, 0.15) is 42.5 Å². The van der Waals surface area contributed by atoms with E-state index in [9.17, 15) is 14.4 Å². The molecule has 0 aromatic carbocycles. The Kier molecular flexibility index (Phi) is 4.59. The zero-order chi connectivity index (χ0) is 19.0. The van der Waals surface area contributed by atoms with Gasteiger partial charge in [0, 0.05) is 6.04 Å². The van der Waals surface area contributed by atoms with Gasteiger partial charge in [0.25, 0.3) is 11.5 Å². The van der Waals surface area contributed by atoms with Crippen LogP contribution in [-0.2, 0) is 9.53 Å². The van der Waals surface area contributed by atoms with Crippen LogP contribution < -0.4 is 5.56 Å². The molecule has 2 aromatic heterocycles. The van der Waals surface area contributed by atoms with Gasteiger partial charge in [0.2, 0.25) is 0 Å². The van der Waals surface area contributed by atoms with Gasteiger partial charge in [0.1, 0.15) is 17.4 Å². The van der Waals surface area contributed by atoms with E-state index in [0.29, 0.717) is 17.9 Å². The van der Waals surface area contributed by atoms with Crippen LogP contribution in [0.2, 0.25) is 0 Å². The van der Waals surface area contributed by atoms with Crippen LogP contribution in [0.4, 0.5) is 0 Å². The molecular formula is C20H22N2O5. The van der Waals surface area contributed by atoms with Crippen molar-refractivity contribution < 1.29 is 18.7 Å². The molecule has 1 aliphatic carbocycles. The number of hydrogen-bond acceptors (Lipinski definition) is 5. The van der Waals surface area contributed by atoms with Gasteiger partial charge in [-0.15, -0.1) is 0 Å². The van der Waals surface area contributed by atoms with Crippen molar-refractivity contribution in [2.24, 2.45) is 5.92 Å². The van der Waals surface area contributed by atoms with Gasteiger partial charge in [-0.2, -0.15) is 0 Å². The second-order valence-electron chi connectivity index (χ2n) is 7.19. The third-order valence-electron chi connectivity index (χ3n) is 5.72. The molecule has 7 heteroatoms. The van der Waals surface area contributed by atoms with Gasteiger partial charge in [-0.25, -0.2) is 4.79 Å². The van der Waals surface area contributed by atoms with Crippen LogP contribution in [0.3, 0.4) is 0 Å². The number of methoxy groups -OCH3 is 1. The average Bonchev–Trinajstić information content (AvgIpc) is 3.34. The van der Waals surface area contributed by atoms with E-state index in [1.807, 2.05) is 0 Å². The second-order valence-corrected chi connectivity index (χ2v) is 7.19. The molecule has 1 amide bonds. The van der Waals surface area contributed by atoms with Gasteiger partial charge in [0.15, 0.2) is 0 Å². The summed E-state index contributed by atoms with van der Waals surface area (Å²) in [6.07, 6.45) is 6.09. The summed E-state index contributed by atoms with van der Waals surface area (Å²) in [6, 6.07) is 5.96. The molecule has 0 bridgehead atoms. The number of carbonyl (C=O) groups excluding carboxylic acids is 2. The lowest BCUT2D eigenvalue weighted by molar-refractivity contribution is -0.145. The first-order chi connectivity index (χ1) is 13.1. The summed E-state index contributed by atoms with van der Waals surface area (Å²) in [4.78, 5) is 42.4. The maximum Gasteiger partial charge on any atom is 0.328 e. The molecule has 4 rings (SSSR count). The predicted molar refractivity (Wildman–Crippen MR) is 97.1 cm³/mol. The smallest absolute Gasteiger partial charge is 0.328 e. The number of nitrogens with zero attached hydrogens (tertiary/aromatic N) is 1. The first-order valence-electron chi connectivity index (χ1n) is 9.28. The van der Waals surface area contributed by atoms with Crippen LogP contribution in [-0.4, -0.2) is 41.0 Å². The third-order valence-corrected chi connectivity index (χ3v) is 5.72. The van der Waals surface area contributed by atoms with Crippen molar-refractivity contribution in [2.45, 2.75) is 44.2 Å². The minimum absolute atomic E-state index is 0.0144. The summed E-state index contributed by atoms with van der Waals surface area (Å²) in [6.45, 7) is 0. The molecule has 3 heterocycles. The summed E-state index contributed by atoms with van der Waals surface area (Å²) in [7, 11) is 1.33. The van der Waals surface area contributed by atoms with E-state index in [4.69, 9.17) is 9.15 Å². The first-order valence-corrected chi connectivity index (χ1v) is 9.28. The fourth-order valence-electron chi connectivity index (χ4n) is 4.46. The van der Waals surface area contributed by atoms with Gasteiger partial charge in [-0.3, -0.25) is 9.59 Å². The summed E-state index contributed by atoms with van der Waals surface area (Å²) >= 11 is 0. The Hall–Kier alpha value is -2.83. The molecule has 2 aliphatic rings. The van der Waals surface area contributed by atoms with Crippen molar-refractivity contribution in [2.75, 3.05) is 7.11 Å². The lowest BCUT2D eigenvalue weighted by Gasteiger charge is -2.33. The molecule has 27 heavy (non-hydrogen) atoms. The Bertz CT molecular complexity index is 901. The van der Waals surface area contributed by atoms with Crippen molar-refractivity contribution in [3.63, 3.8) is 0 Å². The molecule has 1 saturated heterocycles. The van der Waals surface area contributed by atoms with E-state index < -0.39 is 23.5 Å². The van der Waals surface area contributed by atoms with Crippen molar-refractivity contribution in [1.82, 2.24) is 9.88 Å². The van der Waals surface area contributed by atoms with E-state index >= 15 is 0 Å². The Labute approximate surface area is 156 Å². The molecule has 0 radical (unpaired) electrons. The van der Waals surface area contributed by atoms with Gasteiger partial charge in [-0.05, 0) is 49.4 Å². The fourth-order valence-corrected chi connectivity index (χ4v) is 4.46. The summed E-state index contributed by atoms with van der Waals surface area (Å²) in [5, 5.41) is 0. The molecule has 1 saturated carbocycles. The number of pyridine rings is 1. The number of aromatic amines is 1. The lowest BCUT2D eigenvalue weighted by Crippen LogP contribution is -2.47. The van der Waals surface area contributed by atoms with Crippen LogP contribution in [0.15, 0.2) is 39.7 Å². The number of fused-ring (bicyclic) bond motifs is 1. The standard InChI is InChI=1S/C20H22N2O5/c1-26-20(25)16-11-12-5-2-3-6-15(12)22(16)19(24)13-8-9-14(21-18(13)23)17-7-4-10-27-17/h4,7-10,12,15-16H,2-3,5-6,11H2,1H3,(H,21,23)/t12-,15-,16+/m1/s1. The number of H-pyrrole nitrogens is 1. The second kappa shape index (κ2) is 7.06. The zero-order valence-electron chi connectivity index (χ0n) is 15.1. The topological polar surface area (TPSA) is 92.6 Å². The number of amides is 1. The van der Waals surface area contributed by atoms with Gasteiger partial charge in [0.05, 0.1) is 19.1 Å². The molecule has 0 spiro atoms. The Morgan fingerprint density at radius 3 is 2.74 bits per heavy atom. The van der Waals surface area contributed by atoms with E-state index in [1.54, 1.807) is 23.1 Å². The van der Waals surface area contributed by atoms with Crippen molar-refractivity contribution in [3.8, 4) is 11.5 Å². The number of rotatable bonds is 3. The maximum absolute atomic E-state index is 13.2. The zero-order valence-corrected chi connectivity index (χ0v) is 15.1. The normalized spacial score (nSPS) is 24.5. The molecule has 3 atom stereocenters. The molecule has 1 N–H and O–H groups in total. The molecule has 2 fully saturated rings. The Morgan fingerprint density at radius 1 is 1.22 bits per heavy atom. The van der Waals surface area contributed by atoms with Crippen LogP contribution in [0.5, 0.6) is 0 Å². The molecule has 2 aromatic rings. The minimum Gasteiger partial charge on any atom is -0.467 e. The van der Waals surface area contributed by atoms with E-state index in [0.717, 1.165) is 25.7 Å². The highest BCUT2D eigenvalue weighted by Crippen LogP contribution is 2.40. The number of aromatic nitrogens is 1. The Morgan fingerprint density at radius 2 is 2.04 bits per heavy atom. The SMILES string of the molecule is COC(=O)[C@@H]1C[C@H]2CCCC[C@H]2N1C(=O)c1ccc(-c2ccco2)[nH]c1=O. The summed E-state index contributed by atoms with van der Waals surface area (Å²) < 4.78 is 10.2. The molecule has 142 valence electrons. The number of furan rings is 1. The van der Waals surface area contributed by atoms with Crippen LogP contribution >= 0.6 is 0 Å². The van der Waals surface area contributed by atoms with Crippen molar-refractivity contribution >= 4 is 11.9 Å². The first kappa shape index (κ1) is 17.6. The molecular weight excluding hydrogens is 348 g/mol. The highest BCUT2D eigenvalue weighted by molar-refractivity contribution is 5.97. The van der Waals surface area contributed by atoms with Gasteiger partial charge >= 0.3 is 5.97 Å². The summed E-state index contributed by atoms with van der Waals surface area (Å²) in [5.41, 5.74) is 0.0465. The van der Waals surface area contributed by atoms with E-state index in [1.165, 1.54) is 19.4 Å². The predicted octanol–water partition coefficient (Wildman–Crippen LogP) is 2.58.